The Hall–Kier alpha value is -2.64. The van der Waals surface area contributed by atoms with Crippen molar-refractivity contribution >= 4 is 11.6 Å². The largest absolute Gasteiger partial charge is 0.496 e. The molecule has 28 heavy (non-hydrogen) atoms. The molecule has 2 fully saturated rings. The van der Waals surface area contributed by atoms with Crippen LogP contribution in [0.4, 0.5) is 5.69 Å². The molecule has 0 aliphatic carbocycles. The monoisotopic (exact) mass is 383 g/mol. The molecular weight excluding hydrogens is 358 g/mol. The molecule has 148 valence electrons. The van der Waals surface area contributed by atoms with E-state index < -0.39 is 5.79 Å². The predicted molar refractivity (Wildman–Crippen MR) is 104 cm³/mol. The smallest absolute Gasteiger partial charge is 0.270 e. The standard InChI is InChI=1S/C21H25N3O4/c1-26-19-5-3-2-4-16(19)15-23-20(25)18-14-17(6-9-22-18)24-10-7-21(8-11-24)27-12-13-28-21/h2-6,9,14H,7-8,10-13,15H2,1H3,(H,23,25). The fourth-order valence-electron chi connectivity index (χ4n) is 3.75. The van der Waals surface area contributed by atoms with Crippen molar-refractivity contribution in [2.45, 2.75) is 25.2 Å². The van der Waals surface area contributed by atoms with Gasteiger partial charge in [-0.3, -0.25) is 9.78 Å². The Kier molecular flexibility index (Phi) is 5.45. The Morgan fingerprint density at radius 3 is 2.71 bits per heavy atom. The molecule has 1 aromatic heterocycles. The number of methoxy groups -OCH3 is 1. The topological polar surface area (TPSA) is 72.9 Å². The number of carbonyl (C=O) groups excluding carboxylic acids is 1. The predicted octanol–water partition coefficient (Wildman–Crippen LogP) is 2.36. The van der Waals surface area contributed by atoms with Gasteiger partial charge in [-0.2, -0.15) is 0 Å². The van der Waals surface area contributed by atoms with Crippen LogP contribution >= 0.6 is 0 Å². The lowest BCUT2D eigenvalue weighted by Gasteiger charge is -2.38. The molecule has 4 rings (SSSR count). The highest BCUT2D eigenvalue weighted by Gasteiger charge is 2.39. The zero-order chi connectivity index (χ0) is 19.4. The number of rotatable bonds is 5. The summed E-state index contributed by atoms with van der Waals surface area (Å²) in [6.07, 6.45) is 3.33. The second kappa shape index (κ2) is 8.16. The third kappa shape index (κ3) is 3.95. The molecule has 0 atom stereocenters. The molecule has 1 aromatic carbocycles. The fraction of sp³-hybridized carbons (Fsp3) is 0.429. The number of nitrogens with zero attached hydrogens (tertiary/aromatic N) is 2. The molecule has 2 aliphatic rings. The van der Waals surface area contributed by atoms with E-state index in [9.17, 15) is 4.79 Å². The van der Waals surface area contributed by atoms with Crippen LogP contribution in [0, 0.1) is 0 Å². The molecule has 0 saturated carbocycles. The Morgan fingerprint density at radius 2 is 1.96 bits per heavy atom. The average molecular weight is 383 g/mol. The molecule has 7 heteroatoms. The molecule has 1 amide bonds. The lowest BCUT2D eigenvalue weighted by Crippen LogP contribution is -2.45. The number of amides is 1. The fourth-order valence-corrected chi connectivity index (χ4v) is 3.75. The van der Waals surface area contributed by atoms with Crippen LogP contribution in [-0.2, 0) is 16.0 Å². The maximum Gasteiger partial charge on any atom is 0.270 e. The third-order valence-corrected chi connectivity index (χ3v) is 5.31. The first-order valence-corrected chi connectivity index (χ1v) is 9.58. The van der Waals surface area contributed by atoms with E-state index in [1.165, 1.54) is 0 Å². The number of para-hydroxylation sites is 1. The molecule has 1 spiro atoms. The van der Waals surface area contributed by atoms with Gasteiger partial charge in [0, 0.05) is 49.9 Å². The zero-order valence-electron chi connectivity index (χ0n) is 16.0. The van der Waals surface area contributed by atoms with E-state index in [0.717, 1.165) is 42.9 Å². The van der Waals surface area contributed by atoms with Gasteiger partial charge < -0.3 is 24.4 Å². The summed E-state index contributed by atoms with van der Waals surface area (Å²) in [6.45, 7) is 3.38. The number of carbonyl (C=O) groups is 1. The normalized spacial score (nSPS) is 18.2. The highest BCUT2D eigenvalue weighted by atomic mass is 16.7. The molecular formula is C21H25N3O4. The van der Waals surface area contributed by atoms with Crippen LogP contribution in [0.2, 0.25) is 0 Å². The van der Waals surface area contributed by atoms with Crippen LogP contribution in [0.15, 0.2) is 42.6 Å². The maximum atomic E-state index is 12.6. The van der Waals surface area contributed by atoms with Gasteiger partial charge in [-0.05, 0) is 18.2 Å². The summed E-state index contributed by atoms with van der Waals surface area (Å²) < 4.78 is 16.9. The number of ether oxygens (including phenoxy) is 3. The van der Waals surface area contributed by atoms with Crippen molar-refractivity contribution < 1.29 is 19.0 Å². The maximum absolute atomic E-state index is 12.6. The van der Waals surface area contributed by atoms with E-state index in [2.05, 4.69) is 15.2 Å². The number of nitrogens with one attached hydrogen (secondary N) is 1. The quantitative estimate of drug-likeness (QED) is 0.855. The number of benzene rings is 1. The molecule has 2 aromatic rings. The number of anilines is 1. The van der Waals surface area contributed by atoms with E-state index in [-0.39, 0.29) is 5.91 Å². The Balaban J connectivity index is 1.38. The number of piperidine rings is 1. The van der Waals surface area contributed by atoms with Crippen LogP contribution in [0.25, 0.3) is 0 Å². The number of hydrogen-bond donors (Lipinski definition) is 1. The van der Waals surface area contributed by atoms with Crippen molar-refractivity contribution in [2.24, 2.45) is 0 Å². The second-order valence-electron chi connectivity index (χ2n) is 6.99. The summed E-state index contributed by atoms with van der Waals surface area (Å²) in [5.41, 5.74) is 2.32. The van der Waals surface area contributed by atoms with Crippen molar-refractivity contribution in [3.05, 3.63) is 53.9 Å². The van der Waals surface area contributed by atoms with Gasteiger partial charge in [0.15, 0.2) is 5.79 Å². The molecule has 3 heterocycles. The van der Waals surface area contributed by atoms with Crippen LogP contribution in [0.1, 0.15) is 28.9 Å². The first-order valence-electron chi connectivity index (χ1n) is 9.58. The van der Waals surface area contributed by atoms with E-state index in [1.807, 2.05) is 36.4 Å². The molecule has 0 bridgehead atoms. The Morgan fingerprint density at radius 1 is 1.21 bits per heavy atom. The minimum atomic E-state index is -0.404. The van der Waals surface area contributed by atoms with Crippen molar-refractivity contribution in [1.82, 2.24) is 10.3 Å². The van der Waals surface area contributed by atoms with Crippen molar-refractivity contribution in [2.75, 3.05) is 38.3 Å². The van der Waals surface area contributed by atoms with E-state index in [1.54, 1.807) is 13.3 Å². The first kappa shape index (κ1) is 18.7. The minimum absolute atomic E-state index is 0.205. The van der Waals surface area contributed by atoms with E-state index >= 15 is 0 Å². The first-order chi connectivity index (χ1) is 13.7. The molecule has 0 unspecified atom stereocenters. The third-order valence-electron chi connectivity index (χ3n) is 5.31. The molecule has 0 radical (unpaired) electrons. The summed E-state index contributed by atoms with van der Waals surface area (Å²) in [6, 6.07) is 11.4. The van der Waals surface area contributed by atoms with Gasteiger partial charge in [0.05, 0.1) is 20.3 Å². The van der Waals surface area contributed by atoms with Gasteiger partial charge in [-0.15, -0.1) is 0 Å². The van der Waals surface area contributed by atoms with Gasteiger partial charge in [-0.1, -0.05) is 18.2 Å². The molecule has 7 nitrogen and oxygen atoms in total. The van der Waals surface area contributed by atoms with Crippen LogP contribution in [0.3, 0.4) is 0 Å². The minimum Gasteiger partial charge on any atom is -0.496 e. The van der Waals surface area contributed by atoms with Gasteiger partial charge in [0.1, 0.15) is 11.4 Å². The van der Waals surface area contributed by atoms with Gasteiger partial charge in [-0.25, -0.2) is 0 Å². The molecule has 2 aliphatic heterocycles. The summed E-state index contributed by atoms with van der Waals surface area (Å²) in [7, 11) is 1.62. The zero-order valence-corrected chi connectivity index (χ0v) is 16.0. The SMILES string of the molecule is COc1ccccc1CNC(=O)c1cc(N2CCC3(CC2)OCCO3)ccn1. The van der Waals surface area contributed by atoms with Crippen molar-refractivity contribution in [1.29, 1.82) is 0 Å². The van der Waals surface area contributed by atoms with Crippen LogP contribution in [0.5, 0.6) is 5.75 Å². The van der Waals surface area contributed by atoms with Crippen molar-refractivity contribution in [3.63, 3.8) is 0 Å². The molecule has 1 N–H and O–H groups in total. The molecule has 2 saturated heterocycles. The van der Waals surface area contributed by atoms with Gasteiger partial charge in [0.25, 0.3) is 5.91 Å². The summed E-state index contributed by atoms with van der Waals surface area (Å²) in [5, 5.41) is 2.92. The Labute approximate surface area is 164 Å². The lowest BCUT2D eigenvalue weighted by molar-refractivity contribution is -0.169. The number of pyridine rings is 1. The van der Waals surface area contributed by atoms with Crippen LogP contribution < -0.4 is 15.0 Å². The number of aromatic nitrogens is 1. The highest BCUT2D eigenvalue weighted by molar-refractivity contribution is 5.93. The summed E-state index contributed by atoms with van der Waals surface area (Å²) in [4.78, 5) is 19.1. The van der Waals surface area contributed by atoms with Gasteiger partial charge >= 0.3 is 0 Å². The number of hydrogen-bond acceptors (Lipinski definition) is 6. The van der Waals surface area contributed by atoms with Crippen molar-refractivity contribution in [3.8, 4) is 5.75 Å². The highest BCUT2D eigenvalue weighted by Crippen LogP contribution is 2.33. The van der Waals surface area contributed by atoms with E-state index in [0.29, 0.717) is 25.5 Å². The summed E-state index contributed by atoms with van der Waals surface area (Å²) >= 11 is 0. The average Bonchev–Trinajstić information content (AvgIpc) is 3.20. The van der Waals surface area contributed by atoms with Crippen LogP contribution in [-0.4, -0.2) is 50.1 Å². The second-order valence-corrected chi connectivity index (χ2v) is 6.99. The van der Waals surface area contributed by atoms with E-state index in [4.69, 9.17) is 14.2 Å². The van der Waals surface area contributed by atoms with Gasteiger partial charge in [0.2, 0.25) is 0 Å². The summed E-state index contributed by atoms with van der Waals surface area (Å²) in [5.74, 6) is 0.144. The Bertz CT molecular complexity index is 826. The lowest BCUT2D eigenvalue weighted by atomic mass is 10.0.